The first-order valence-corrected chi connectivity index (χ1v) is 9.51. The van der Waals surface area contributed by atoms with E-state index < -0.39 is 5.97 Å². The van der Waals surface area contributed by atoms with Gasteiger partial charge in [0.2, 0.25) is 0 Å². The molecule has 0 atom stereocenters. The molecule has 148 valence electrons. The molecule has 0 fully saturated rings. The van der Waals surface area contributed by atoms with E-state index in [4.69, 9.17) is 9.47 Å². The smallest absolute Gasteiger partial charge is 0.347 e. The molecule has 5 heteroatoms. The van der Waals surface area contributed by atoms with Gasteiger partial charge in [-0.1, -0.05) is 48.5 Å². The fourth-order valence-electron chi connectivity index (χ4n) is 3.64. The van der Waals surface area contributed by atoms with Crippen molar-refractivity contribution in [2.24, 2.45) is 0 Å². The number of benzene rings is 3. The molecule has 1 heterocycles. The van der Waals surface area contributed by atoms with Gasteiger partial charge in [0, 0.05) is 29.8 Å². The lowest BCUT2D eigenvalue weighted by Gasteiger charge is -2.18. The largest absolute Gasteiger partial charge is 0.488 e. The Morgan fingerprint density at radius 2 is 1.62 bits per heavy atom. The average molecular weight is 391 g/mol. The predicted octanol–water partition coefficient (Wildman–Crippen LogP) is 4.88. The summed E-state index contributed by atoms with van der Waals surface area (Å²) in [7, 11) is 1.91. The van der Waals surface area contributed by atoms with Crippen molar-refractivity contribution >= 4 is 5.97 Å². The molecule has 1 aliphatic heterocycles. The molecule has 0 saturated carbocycles. The Morgan fingerprint density at radius 1 is 1.00 bits per heavy atom. The SMILES string of the molecule is Cc1c(F)c2c(c(OCc3ccccc3)c1C(=O)Oc1ccccc1)CN(C)C2. The quantitative estimate of drug-likeness (QED) is 0.459. The first-order chi connectivity index (χ1) is 14.0. The van der Waals surface area contributed by atoms with Crippen molar-refractivity contribution in [3.63, 3.8) is 0 Å². The maximum atomic E-state index is 15.1. The summed E-state index contributed by atoms with van der Waals surface area (Å²) >= 11 is 0. The molecule has 0 radical (unpaired) electrons. The highest BCUT2D eigenvalue weighted by molar-refractivity contribution is 5.96. The van der Waals surface area contributed by atoms with Gasteiger partial charge in [-0.25, -0.2) is 9.18 Å². The number of esters is 1. The predicted molar refractivity (Wildman–Crippen MR) is 108 cm³/mol. The Kier molecular flexibility index (Phi) is 5.32. The third-order valence-corrected chi connectivity index (χ3v) is 5.07. The summed E-state index contributed by atoms with van der Waals surface area (Å²) in [6.45, 7) is 2.89. The van der Waals surface area contributed by atoms with Gasteiger partial charge in [-0.2, -0.15) is 0 Å². The van der Waals surface area contributed by atoms with E-state index in [-0.39, 0.29) is 23.6 Å². The van der Waals surface area contributed by atoms with Gasteiger partial charge < -0.3 is 9.47 Å². The third kappa shape index (κ3) is 3.87. The summed E-state index contributed by atoms with van der Waals surface area (Å²) in [5.74, 6) is -0.165. The Bertz CT molecular complexity index is 1040. The van der Waals surface area contributed by atoms with Crippen molar-refractivity contribution in [2.45, 2.75) is 26.6 Å². The molecule has 4 rings (SSSR count). The molecule has 0 amide bonds. The second kappa shape index (κ2) is 8.05. The summed E-state index contributed by atoms with van der Waals surface area (Å²) in [5, 5.41) is 0. The van der Waals surface area contributed by atoms with Gasteiger partial charge in [-0.3, -0.25) is 4.90 Å². The summed E-state index contributed by atoms with van der Waals surface area (Å²) in [5.41, 5.74) is 2.67. The molecule has 3 aromatic rings. The highest BCUT2D eigenvalue weighted by Gasteiger charge is 2.32. The minimum Gasteiger partial charge on any atom is -0.488 e. The van der Waals surface area contributed by atoms with Gasteiger partial charge in [0.1, 0.15) is 29.5 Å². The molecule has 0 N–H and O–H groups in total. The van der Waals surface area contributed by atoms with Crippen molar-refractivity contribution in [3.8, 4) is 11.5 Å². The first-order valence-electron chi connectivity index (χ1n) is 9.51. The third-order valence-electron chi connectivity index (χ3n) is 5.07. The lowest BCUT2D eigenvalue weighted by atomic mass is 9.98. The Labute approximate surface area is 169 Å². The lowest BCUT2D eigenvalue weighted by Crippen LogP contribution is -2.16. The van der Waals surface area contributed by atoms with Crippen LogP contribution in [0.1, 0.15) is 32.6 Å². The second-order valence-corrected chi connectivity index (χ2v) is 7.25. The molecule has 0 unspecified atom stereocenters. The Hall–Kier alpha value is -3.18. The van der Waals surface area contributed by atoms with Gasteiger partial charge in [-0.15, -0.1) is 0 Å². The van der Waals surface area contributed by atoms with E-state index in [0.717, 1.165) is 5.56 Å². The molecule has 1 aliphatic rings. The van der Waals surface area contributed by atoms with Crippen LogP contribution in [0.25, 0.3) is 0 Å². The molecule has 0 spiro atoms. The van der Waals surface area contributed by atoms with Crippen molar-refractivity contribution in [2.75, 3.05) is 7.05 Å². The number of nitrogens with zero attached hydrogens (tertiary/aromatic N) is 1. The number of hydrogen-bond acceptors (Lipinski definition) is 4. The number of carbonyl (C=O) groups excluding carboxylic acids is 1. The normalized spacial score (nSPS) is 13.2. The van der Waals surface area contributed by atoms with E-state index in [1.165, 1.54) is 0 Å². The first kappa shape index (κ1) is 19.2. The fourth-order valence-corrected chi connectivity index (χ4v) is 3.64. The van der Waals surface area contributed by atoms with Gasteiger partial charge in [0.05, 0.1) is 0 Å². The molecule has 29 heavy (non-hydrogen) atoms. The maximum absolute atomic E-state index is 15.1. The van der Waals surface area contributed by atoms with Gasteiger partial charge in [0.15, 0.2) is 0 Å². The molecule has 0 saturated heterocycles. The standard InChI is InChI=1S/C24H22FNO3/c1-16-21(24(27)29-18-11-7-4-8-12-18)23(28-15-17-9-5-3-6-10-17)20-14-26(2)13-19(20)22(16)25/h3-12H,13-15H2,1-2H3. The minimum absolute atomic E-state index is 0.149. The van der Waals surface area contributed by atoms with E-state index >= 15 is 4.39 Å². The number of rotatable bonds is 5. The van der Waals surface area contributed by atoms with Crippen LogP contribution >= 0.6 is 0 Å². The zero-order chi connectivity index (χ0) is 20.4. The van der Waals surface area contributed by atoms with Crippen LogP contribution in [0.4, 0.5) is 4.39 Å². The summed E-state index contributed by atoms with van der Waals surface area (Å²) in [4.78, 5) is 15.0. The lowest BCUT2D eigenvalue weighted by molar-refractivity contribution is 0.0728. The van der Waals surface area contributed by atoms with Crippen molar-refractivity contribution < 1.29 is 18.7 Å². The van der Waals surface area contributed by atoms with Crippen molar-refractivity contribution in [1.82, 2.24) is 4.90 Å². The number of para-hydroxylation sites is 1. The van der Waals surface area contributed by atoms with E-state index in [0.29, 0.717) is 35.7 Å². The highest BCUT2D eigenvalue weighted by atomic mass is 19.1. The molecular formula is C24H22FNO3. The minimum atomic E-state index is -0.618. The maximum Gasteiger partial charge on any atom is 0.347 e. The average Bonchev–Trinajstić information content (AvgIpc) is 3.12. The monoisotopic (exact) mass is 391 g/mol. The van der Waals surface area contributed by atoms with Gasteiger partial charge >= 0.3 is 5.97 Å². The van der Waals surface area contributed by atoms with E-state index in [2.05, 4.69) is 0 Å². The zero-order valence-electron chi connectivity index (χ0n) is 16.4. The van der Waals surface area contributed by atoms with Gasteiger partial charge in [0.25, 0.3) is 0 Å². The molecule has 0 bridgehead atoms. The van der Waals surface area contributed by atoms with E-state index in [9.17, 15) is 4.79 Å². The molecular weight excluding hydrogens is 369 g/mol. The molecule has 0 aliphatic carbocycles. The number of carbonyl (C=O) groups is 1. The van der Waals surface area contributed by atoms with Crippen molar-refractivity contribution in [1.29, 1.82) is 0 Å². The topological polar surface area (TPSA) is 38.8 Å². The fraction of sp³-hybridized carbons (Fsp3) is 0.208. The van der Waals surface area contributed by atoms with E-state index in [1.54, 1.807) is 31.2 Å². The van der Waals surface area contributed by atoms with Crippen LogP contribution < -0.4 is 9.47 Å². The summed E-state index contributed by atoms with van der Waals surface area (Å²) < 4.78 is 26.7. The van der Waals surface area contributed by atoms with Crippen LogP contribution in [0.5, 0.6) is 11.5 Å². The number of fused-ring (bicyclic) bond motifs is 1. The van der Waals surface area contributed by atoms with Crippen LogP contribution in [0, 0.1) is 12.7 Å². The van der Waals surface area contributed by atoms with Gasteiger partial charge in [-0.05, 0) is 31.7 Å². The van der Waals surface area contributed by atoms with E-state index in [1.807, 2.05) is 48.3 Å². The second-order valence-electron chi connectivity index (χ2n) is 7.25. The van der Waals surface area contributed by atoms with Crippen LogP contribution in [0.2, 0.25) is 0 Å². The van der Waals surface area contributed by atoms with Crippen LogP contribution in [0.15, 0.2) is 60.7 Å². The van der Waals surface area contributed by atoms with Crippen molar-refractivity contribution in [3.05, 3.63) is 94.3 Å². The summed E-state index contributed by atoms with van der Waals surface area (Å²) in [6, 6.07) is 18.5. The van der Waals surface area contributed by atoms with Crippen LogP contribution in [-0.4, -0.2) is 17.9 Å². The number of ether oxygens (including phenoxy) is 2. The highest BCUT2D eigenvalue weighted by Crippen LogP contribution is 2.39. The Balaban J connectivity index is 1.75. The zero-order valence-corrected chi connectivity index (χ0v) is 16.4. The Morgan fingerprint density at radius 3 is 2.31 bits per heavy atom. The number of hydrogen-bond donors (Lipinski definition) is 0. The number of halogens is 1. The van der Waals surface area contributed by atoms with Crippen LogP contribution in [-0.2, 0) is 19.7 Å². The molecule has 3 aromatic carbocycles. The molecule has 4 nitrogen and oxygen atoms in total. The summed E-state index contributed by atoms with van der Waals surface area (Å²) in [6.07, 6.45) is 0. The molecule has 0 aromatic heterocycles. The van der Waals surface area contributed by atoms with Crippen LogP contribution in [0.3, 0.4) is 0 Å².